The number of allylic oxidation sites excluding steroid dienone is 1. The number of anilines is 3. The molecule has 5 nitrogen and oxygen atoms in total. The summed E-state index contributed by atoms with van der Waals surface area (Å²) in [6.45, 7) is 10.5. The molecule has 1 N–H and O–H groups in total. The van der Waals surface area contributed by atoms with E-state index in [1.54, 1.807) is 36.4 Å². The van der Waals surface area contributed by atoms with Crippen LogP contribution in [-0.2, 0) is 11.2 Å². The summed E-state index contributed by atoms with van der Waals surface area (Å²) < 4.78 is 13.4. The number of likely N-dealkylation sites (tertiary alicyclic amines) is 1. The van der Waals surface area contributed by atoms with Crippen LogP contribution in [0.1, 0.15) is 41.3 Å². The molecule has 1 aliphatic rings. The number of nitrogens with one attached hydrogen (secondary N) is 1. The van der Waals surface area contributed by atoms with Crippen molar-refractivity contribution in [3.8, 4) is 0 Å². The zero-order chi connectivity index (χ0) is 26.1. The Balaban J connectivity index is 0.000000526. The topological polar surface area (TPSA) is 52.7 Å². The van der Waals surface area contributed by atoms with Gasteiger partial charge in [-0.15, -0.1) is 0 Å². The lowest BCUT2D eigenvalue weighted by molar-refractivity contribution is -0.107. The Labute approximate surface area is 213 Å². The van der Waals surface area contributed by atoms with Crippen LogP contribution >= 0.6 is 0 Å². The van der Waals surface area contributed by atoms with Gasteiger partial charge in [-0.1, -0.05) is 24.8 Å². The van der Waals surface area contributed by atoms with E-state index in [9.17, 15) is 14.0 Å². The van der Waals surface area contributed by atoms with Crippen molar-refractivity contribution in [2.45, 2.75) is 33.1 Å². The molecule has 1 fully saturated rings. The number of nitrogens with zero attached hydrogens (tertiary/aromatic N) is 2. The number of benzene rings is 3. The first kappa shape index (κ1) is 26.8. The van der Waals surface area contributed by atoms with Crippen LogP contribution in [0.2, 0.25) is 0 Å². The lowest BCUT2D eigenvalue weighted by Gasteiger charge is -2.27. The smallest absolute Gasteiger partial charge is 0.255 e. The van der Waals surface area contributed by atoms with Crippen molar-refractivity contribution in [2.75, 3.05) is 30.4 Å². The number of aryl methyl sites for hydroxylation is 1. The van der Waals surface area contributed by atoms with E-state index >= 15 is 0 Å². The largest absolute Gasteiger partial charge is 0.322 e. The second-order valence-corrected chi connectivity index (χ2v) is 9.08. The summed E-state index contributed by atoms with van der Waals surface area (Å²) in [4.78, 5) is 27.7. The first-order chi connectivity index (χ1) is 17.3. The van der Waals surface area contributed by atoms with Gasteiger partial charge < -0.3 is 19.9 Å². The van der Waals surface area contributed by atoms with Gasteiger partial charge in [0.05, 0.1) is 0 Å². The highest BCUT2D eigenvalue weighted by Gasteiger charge is 2.16. The Morgan fingerprint density at radius 3 is 2.22 bits per heavy atom. The molecule has 0 bridgehead atoms. The van der Waals surface area contributed by atoms with E-state index in [2.05, 4.69) is 23.8 Å². The van der Waals surface area contributed by atoms with Crippen LogP contribution in [0.5, 0.6) is 0 Å². The molecule has 1 heterocycles. The molecular formula is C30H34FN3O2. The van der Waals surface area contributed by atoms with Gasteiger partial charge in [0.2, 0.25) is 0 Å². The van der Waals surface area contributed by atoms with Gasteiger partial charge in [-0.3, -0.25) is 4.79 Å². The zero-order valence-corrected chi connectivity index (χ0v) is 21.3. The number of hydrogen-bond acceptors (Lipinski definition) is 4. The van der Waals surface area contributed by atoms with Gasteiger partial charge >= 0.3 is 0 Å². The molecule has 1 aliphatic heterocycles. The molecule has 1 amide bonds. The normalized spacial score (nSPS) is 12.9. The number of rotatable bonds is 7. The third-order valence-corrected chi connectivity index (χ3v) is 6.04. The first-order valence-electron chi connectivity index (χ1n) is 12.1. The van der Waals surface area contributed by atoms with E-state index in [0.29, 0.717) is 17.7 Å². The summed E-state index contributed by atoms with van der Waals surface area (Å²) in [7, 11) is 2.17. The number of halogens is 1. The summed E-state index contributed by atoms with van der Waals surface area (Å²) in [6.07, 6.45) is 4.01. The Morgan fingerprint density at radius 2 is 1.69 bits per heavy atom. The second kappa shape index (κ2) is 12.8. The van der Waals surface area contributed by atoms with Crippen molar-refractivity contribution in [2.24, 2.45) is 0 Å². The van der Waals surface area contributed by atoms with Crippen molar-refractivity contribution < 1.29 is 14.0 Å². The van der Waals surface area contributed by atoms with E-state index in [-0.39, 0.29) is 11.7 Å². The third kappa shape index (κ3) is 7.36. The summed E-state index contributed by atoms with van der Waals surface area (Å²) in [5, 5.41) is 2.87. The third-order valence-electron chi connectivity index (χ3n) is 6.04. The molecule has 0 atom stereocenters. The number of carbonyl (C=O) groups excluding carboxylic acids is 2. The molecule has 0 unspecified atom stereocenters. The fraction of sp³-hybridized carbons (Fsp3) is 0.267. The van der Waals surface area contributed by atoms with Gasteiger partial charge in [-0.25, -0.2) is 4.39 Å². The maximum absolute atomic E-state index is 13.4. The minimum atomic E-state index is -0.315. The van der Waals surface area contributed by atoms with Gasteiger partial charge in [0.1, 0.15) is 12.1 Å². The molecule has 0 aliphatic carbocycles. The Hall–Kier alpha value is -3.77. The quantitative estimate of drug-likeness (QED) is 0.386. The minimum Gasteiger partial charge on any atom is -0.322 e. The molecule has 188 valence electrons. The molecule has 0 radical (unpaired) electrons. The molecule has 0 aromatic heterocycles. The van der Waals surface area contributed by atoms with E-state index < -0.39 is 0 Å². The molecular weight excluding hydrogens is 453 g/mol. The van der Waals surface area contributed by atoms with Crippen LogP contribution in [0.4, 0.5) is 21.5 Å². The van der Waals surface area contributed by atoms with E-state index in [4.69, 9.17) is 0 Å². The van der Waals surface area contributed by atoms with Crippen molar-refractivity contribution in [3.05, 3.63) is 102 Å². The van der Waals surface area contributed by atoms with Crippen molar-refractivity contribution in [1.82, 2.24) is 4.90 Å². The number of amides is 1. The molecule has 4 rings (SSSR count). The molecule has 3 aromatic carbocycles. The Bertz CT molecular complexity index is 1180. The standard InChI is InChI=1S/C25H23FN2O2.C5H11N/c1-17(2)28(23-12-8-21(26)9-13-23)24-16-20(7-4-18(24)3)25(30)27-22-10-5-19(6-11-22)14-15-29;1-6-4-2-3-5-6/h4-13,15-16H,1,14H2,2-3H3,(H,27,30);2-5H2,1H3. The summed E-state index contributed by atoms with van der Waals surface area (Å²) in [6, 6.07) is 18.7. The van der Waals surface area contributed by atoms with Crippen LogP contribution in [0.3, 0.4) is 0 Å². The van der Waals surface area contributed by atoms with E-state index in [0.717, 1.165) is 34.5 Å². The monoisotopic (exact) mass is 487 g/mol. The maximum Gasteiger partial charge on any atom is 0.255 e. The molecule has 0 spiro atoms. The molecule has 6 heteroatoms. The molecule has 1 saturated heterocycles. The second-order valence-electron chi connectivity index (χ2n) is 9.08. The number of hydrogen-bond donors (Lipinski definition) is 1. The Kier molecular flexibility index (Phi) is 9.53. The molecule has 0 saturated carbocycles. The Morgan fingerprint density at radius 1 is 1.06 bits per heavy atom. The lowest BCUT2D eigenvalue weighted by Crippen LogP contribution is -2.17. The van der Waals surface area contributed by atoms with Crippen molar-refractivity contribution >= 4 is 29.3 Å². The van der Waals surface area contributed by atoms with Gasteiger partial charge in [0, 0.05) is 34.7 Å². The summed E-state index contributed by atoms with van der Waals surface area (Å²) in [5.74, 6) is -0.565. The summed E-state index contributed by atoms with van der Waals surface area (Å²) in [5.41, 5.74) is 5.27. The van der Waals surface area contributed by atoms with Crippen LogP contribution in [0.25, 0.3) is 0 Å². The SMILES string of the molecule is C=C(C)N(c1ccc(F)cc1)c1cc(C(=O)Nc2ccc(CC=O)cc2)ccc1C.CN1CCCC1. The van der Waals surface area contributed by atoms with Crippen LogP contribution in [0.15, 0.2) is 79.0 Å². The summed E-state index contributed by atoms with van der Waals surface area (Å²) >= 11 is 0. The fourth-order valence-electron chi connectivity index (χ4n) is 4.05. The predicted octanol–water partition coefficient (Wildman–Crippen LogP) is 6.51. The van der Waals surface area contributed by atoms with Crippen molar-refractivity contribution in [3.63, 3.8) is 0 Å². The van der Waals surface area contributed by atoms with Crippen LogP contribution < -0.4 is 10.2 Å². The lowest BCUT2D eigenvalue weighted by atomic mass is 10.1. The van der Waals surface area contributed by atoms with Gasteiger partial charge in [0.15, 0.2) is 0 Å². The van der Waals surface area contributed by atoms with Gasteiger partial charge in [0.25, 0.3) is 5.91 Å². The minimum absolute atomic E-state index is 0.250. The number of aldehydes is 1. The fourth-order valence-corrected chi connectivity index (χ4v) is 4.05. The highest BCUT2D eigenvalue weighted by Crippen LogP contribution is 2.32. The first-order valence-corrected chi connectivity index (χ1v) is 12.1. The van der Waals surface area contributed by atoms with Crippen LogP contribution in [-0.4, -0.2) is 37.2 Å². The van der Waals surface area contributed by atoms with Crippen LogP contribution in [0, 0.1) is 12.7 Å². The maximum atomic E-state index is 13.4. The predicted molar refractivity (Wildman–Crippen MR) is 145 cm³/mol. The number of carbonyl (C=O) groups is 2. The molecule has 3 aromatic rings. The van der Waals surface area contributed by atoms with Crippen molar-refractivity contribution in [1.29, 1.82) is 0 Å². The highest BCUT2D eigenvalue weighted by molar-refractivity contribution is 6.05. The average Bonchev–Trinajstić information content (AvgIpc) is 3.34. The van der Waals surface area contributed by atoms with Gasteiger partial charge in [-0.05, 0) is 106 Å². The zero-order valence-electron chi connectivity index (χ0n) is 21.3. The van der Waals surface area contributed by atoms with Gasteiger partial charge in [-0.2, -0.15) is 0 Å². The van der Waals surface area contributed by atoms with E-state index in [1.807, 2.05) is 36.9 Å². The highest BCUT2D eigenvalue weighted by atomic mass is 19.1. The van der Waals surface area contributed by atoms with E-state index in [1.165, 1.54) is 38.1 Å². The average molecular weight is 488 g/mol. The molecule has 36 heavy (non-hydrogen) atoms.